The number of benzene rings is 2. The van der Waals surface area contributed by atoms with Gasteiger partial charge in [0.15, 0.2) is 11.5 Å². The Morgan fingerprint density at radius 3 is 1.95 bits per heavy atom. The van der Waals surface area contributed by atoms with E-state index in [4.69, 9.17) is 37.6 Å². The Hall–Kier alpha value is -3.44. The van der Waals surface area contributed by atoms with Crippen LogP contribution < -0.4 is 19.8 Å². The molecule has 0 amide bonds. The predicted molar refractivity (Wildman–Crippen MR) is 133 cm³/mol. The highest BCUT2D eigenvalue weighted by atomic mass is 16.6. The summed E-state index contributed by atoms with van der Waals surface area (Å²) in [6.45, 7) is 3.88. The molecule has 0 spiro atoms. The second-order valence-corrected chi connectivity index (χ2v) is 7.96. The van der Waals surface area contributed by atoms with Gasteiger partial charge in [-0.05, 0) is 36.4 Å². The van der Waals surface area contributed by atoms with Gasteiger partial charge in [-0.25, -0.2) is 4.79 Å². The molecular formula is C27H30O10. The Bertz CT molecular complexity index is 1240. The van der Waals surface area contributed by atoms with E-state index in [1.165, 1.54) is 13.2 Å². The summed E-state index contributed by atoms with van der Waals surface area (Å²) in [5.74, 6) is 0.767. The van der Waals surface area contributed by atoms with Crippen LogP contribution in [0.3, 0.4) is 0 Å². The highest BCUT2D eigenvalue weighted by Gasteiger charge is 2.19. The predicted octanol–water partition coefficient (Wildman–Crippen LogP) is 2.87. The molecule has 3 aromatic rings. The number of methoxy groups -OCH3 is 1. The smallest absolute Gasteiger partial charge is 0.347 e. The lowest BCUT2D eigenvalue weighted by molar-refractivity contribution is -0.00841. The number of fused-ring (bicyclic) bond motifs is 2. The first-order valence-electron chi connectivity index (χ1n) is 12.0. The molecule has 0 N–H and O–H groups in total. The molecule has 0 radical (unpaired) electrons. The number of hydrogen-bond acceptors (Lipinski definition) is 10. The van der Waals surface area contributed by atoms with E-state index >= 15 is 0 Å². The molecule has 0 saturated heterocycles. The summed E-state index contributed by atoms with van der Waals surface area (Å²) in [6.07, 6.45) is 0. The molecule has 37 heavy (non-hydrogen) atoms. The van der Waals surface area contributed by atoms with Crippen molar-refractivity contribution >= 4 is 16.8 Å². The van der Waals surface area contributed by atoms with Crippen molar-refractivity contribution in [2.24, 2.45) is 0 Å². The minimum absolute atomic E-state index is 0.114. The zero-order valence-corrected chi connectivity index (χ0v) is 20.7. The van der Waals surface area contributed by atoms with E-state index in [0.29, 0.717) is 81.1 Å². The molecule has 0 aliphatic carbocycles. The maximum Gasteiger partial charge on any atom is 0.347 e. The Balaban J connectivity index is 1.54. The van der Waals surface area contributed by atoms with Crippen molar-refractivity contribution in [3.63, 3.8) is 0 Å². The first kappa shape index (κ1) is 26.6. The average Bonchev–Trinajstić information content (AvgIpc) is 2.91. The van der Waals surface area contributed by atoms with Gasteiger partial charge in [0.2, 0.25) is 5.78 Å². The van der Waals surface area contributed by atoms with Gasteiger partial charge in [-0.1, -0.05) is 6.07 Å². The second-order valence-electron chi connectivity index (χ2n) is 7.96. The van der Waals surface area contributed by atoms with Crippen molar-refractivity contribution in [1.29, 1.82) is 0 Å². The second kappa shape index (κ2) is 13.8. The summed E-state index contributed by atoms with van der Waals surface area (Å²) in [7, 11) is 1.51. The quantitative estimate of drug-likeness (QED) is 0.382. The lowest BCUT2D eigenvalue weighted by Gasteiger charge is -2.15. The van der Waals surface area contributed by atoms with Gasteiger partial charge in [0, 0.05) is 5.56 Å². The first-order valence-corrected chi connectivity index (χ1v) is 12.0. The number of ether oxygens (including phenoxy) is 7. The standard InChI is InChI=1S/C27H30O10/c1-30-22-3-2-4-23-20(22)18-21(27(29)37-23)26(28)19-5-6-24-25(17-19)36-16-14-34-12-10-32-8-7-31-9-11-33-13-15-35-24/h2-6,17-18H,7-16H2,1H3. The van der Waals surface area contributed by atoms with Crippen LogP contribution in [0.5, 0.6) is 17.2 Å². The topological polar surface area (TPSA) is 112 Å². The van der Waals surface area contributed by atoms with Gasteiger partial charge < -0.3 is 37.6 Å². The minimum atomic E-state index is -0.738. The summed E-state index contributed by atoms with van der Waals surface area (Å²) in [6, 6.07) is 11.3. The molecule has 0 saturated carbocycles. The van der Waals surface area contributed by atoms with Crippen molar-refractivity contribution in [3.8, 4) is 17.2 Å². The van der Waals surface area contributed by atoms with Gasteiger partial charge in [-0.15, -0.1) is 0 Å². The third-order valence-electron chi connectivity index (χ3n) is 5.49. The molecule has 1 aromatic heterocycles. The highest BCUT2D eigenvalue weighted by Crippen LogP contribution is 2.30. The first-order chi connectivity index (χ1) is 18.2. The molecule has 1 aliphatic heterocycles. The van der Waals surface area contributed by atoms with Crippen molar-refractivity contribution in [1.82, 2.24) is 0 Å². The van der Waals surface area contributed by atoms with Crippen LogP contribution in [0.1, 0.15) is 15.9 Å². The Morgan fingerprint density at radius 1 is 0.730 bits per heavy atom. The molecule has 2 heterocycles. The van der Waals surface area contributed by atoms with Crippen molar-refractivity contribution in [2.45, 2.75) is 0 Å². The lowest BCUT2D eigenvalue weighted by atomic mass is 10.0. The van der Waals surface area contributed by atoms with Gasteiger partial charge in [-0.3, -0.25) is 4.79 Å². The van der Waals surface area contributed by atoms with Gasteiger partial charge in [0.1, 0.15) is 30.1 Å². The Labute approximate surface area is 213 Å². The number of carbonyl (C=O) groups is 1. The Morgan fingerprint density at radius 2 is 1.32 bits per heavy atom. The van der Waals surface area contributed by atoms with E-state index in [-0.39, 0.29) is 24.3 Å². The fraction of sp³-hybridized carbons (Fsp3) is 0.407. The number of ketones is 1. The molecule has 2 aromatic carbocycles. The largest absolute Gasteiger partial charge is 0.496 e. The minimum Gasteiger partial charge on any atom is -0.496 e. The van der Waals surface area contributed by atoms with Crippen LogP contribution in [-0.2, 0) is 18.9 Å². The molecular weight excluding hydrogens is 484 g/mol. The van der Waals surface area contributed by atoms with Crippen LogP contribution in [0.2, 0.25) is 0 Å². The van der Waals surface area contributed by atoms with E-state index in [1.807, 2.05) is 0 Å². The van der Waals surface area contributed by atoms with E-state index in [9.17, 15) is 9.59 Å². The van der Waals surface area contributed by atoms with Crippen LogP contribution >= 0.6 is 0 Å². The molecule has 4 rings (SSSR count). The Kier molecular flexibility index (Phi) is 9.89. The van der Waals surface area contributed by atoms with Crippen LogP contribution in [-0.4, -0.2) is 79.0 Å². The number of carbonyl (C=O) groups excluding carboxylic acids is 1. The SMILES string of the molecule is COc1cccc2oc(=O)c(C(=O)c3ccc4c(c3)OCCOCCOCCOCCOCCO4)cc12. The number of rotatable bonds is 3. The molecule has 0 bridgehead atoms. The zero-order valence-electron chi connectivity index (χ0n) is 20.7. The summed E-state index contributed by atoms with van der Waals surface area (Å²) in [5, 5.41) is 0.524. The normalized spacial score (nSPS) is 16.5. The third kappa shape index (κ3) is 7.30. The monoisotopic (exact) mass is 514 g/mol. The fourth-order valence-electron chi connectivity index (χ4n) is 3.67. The maximum absolute atomic E-state index is 13.3. The van der Waals surface area contributed by atoms with Crippen LogP contribution in [0.4, 0.5) is 0 Å². The maximum atomic E-state index is 13.3. The van der Waals surface area contributed by atoms with Gasteiger partial charge in [0.25, 0.3) is 0 Å². The van der Waals surface area contributed by atoms with Crippen molar-refractivity contribution < 1.29 is 42.4 Å². The lowest BCUT2D eigenvalue weighted by Crippen LogP contribution is -2.17. The van der Waals surface area contributed by atoms with E-state index in [1.54, 1.807) is 36.4 Å². The van der Waals surface area contributed by atoms with E-state index < -0.39 is 11.4 Å². The highest BCUT2D eigenvalue weighted by molar-refractivity contribution is 6.10. The average molecular weight is 515 g/mol. The van der Waals surface area contributed by atoms with Crippen molar-refractivity contribution in [3.05, 3.63) is 64.0 Å². The summed E-state index contributed by atoms with van der Waals surface area (Å²) in [5.41, 5.74) is -0.275. The molecule has 0 unspecified atom stereocenters. The van der Waals surface area contributed by atoms with E-state index in [2.05, 4.69) is 0 Å². The fourth-order valence-corrected chi connectivity index (χ4v) is 3.67. The summed E-state index contributed by atoms with van der Waals surface area (Å²) >= 11 is 0. The number of hydrogen-bond donors (Lipinski definition) is 0. The zero-order chi connectivity index (χ0) is 25.9. The molecule has 10 heteroatoms. The van der Waals surface area contributed by atoms with Crippen LogP contribution in [0.15, 0.2) is 51.7 Å². The summed E-state index contributed by atoms with van der Waals surface area (Å²) in [4.78, 5) is 25.9. The third-order valence-corrected chi connectivity index (χ3v) is 5.49. The van der Waals surface area contributed by atoms with E-state index in [0.717, 1.165) is 0 Å². The van der Waals surface area contributed by atoms with Gasteiger partial charge in [-0.2, -0.15) is 0 Å². The molecule has 198 valence electrons. The van der Waals surface area contributed by atoms with Crippen LogP contribution in [0, 0.1) is 0 Å². The molecule has 1 aliphatic rings. The molecule has 0 atom stereocenters. The van der Waals surface area contributed by atoms with Gasteiger partial charge >= 0.3 is 5.63 Å². The summed E-state index contributed by atoms with van der Waals surface area (Å²) < 4.78 is 44.4. The van der Waals surface area contributed by atoms with Gasteiger partial charge in [0.05, 0.1) is 65.4 Å². The molecule has 10 nitrogen and oxygen atoms in total. The van der Waals surface area contributed by atoms with Crippen LogP contribution in [0.25, 0.3) is 11.0 Å². The van der Waals surface area contributed by atoms with Crippen molar-refractivity contribution in [2.75, 3.05) is 73.2 Å². The molecule has 0 fully saturated rings.